The second-order valence-electron chi connectivity index (χ2n) is 4.98. The number of benzene rings is 2. The number of carbonyl (C=O) groups excluding carboxylic acids is 3. The Hall–Kier alpha value is -2.51. The van der Waals surface area contributed by atoms with Gasteiger partial charge in [-0.2, -0.15) is 0 Å². The van der Waals surface area contributed by atoms with E-state index in [0.717, 1.165) is 16.7 Å². The average molecular weight is 371 g/mol. The van der Waals surface area contributed by atoms with Gasteiger partial charge in [0.2, 0.25) is 0 Å². The quantitative estimate of drug-likeness (QED) is 0.748. The van der Waals surface area contributed by atoms with Gasteiger partial charge in [0, 0.05) is 16.7 Å². The summed E-state index contributed by atoms with van der Waals surface area (Å²) < 4.78 is 0. The molecule has 0 aromatic heterocycles. The van der Waals surface area contributed by atoms with E-state index in [1.54, 1.807) is 0 Å². The molecular weight excluding hydrogens is 358 g/mol. The fourth-order valence-electron chi connectivity index (χ4n) is 2.08. The Kier molecular flexibility index (Phi) is 5.25. The van der Waals surface area contributed by atoms with Crippen molar-refractivity contribution in [2.75, 3.05) is 0 Å². The molecule has 0 radical (unpaired) electrons. The van der Waals surface area contributed by atoms with Gasteiger partial charge in [-0.3, -0.25) is 9.59 Å². The van der Waals surface area contributed by atoms with Crippen LogP contribution in [0, 0.1) is 0 Å². The molecule has 0 saturated heterocycles. The zero-order chi connectivity index (χ0) is 17.8. The molecule has 0 N–H and O–H groups in total. The number of imide groups is 1. The van der Waals surface area contributed by atoms with E-state index >= 15 is 0 Å². The Bertz CT molecular complexity index is 786. The zero-order valence-corrected chi connectivity index (χ0v) is 14.8. The maximum atomic E-state index is 12.6. The maximum absolute atomic E-state index is 12.6. The lowest BCUT2D eigenvalue weighted by Crippen LogP contribution is -2.33. The fraction of sp³-hybridized carbons (Fsp3) is 0.0556. The van der Waals surface area contributed by atoms with Gasteiger partial charge in [0.25, 0.3) is 0 Å². The van der Waals surface area contributed by atoms with Gasteiger partial charge in [-0.05, 0) is 24.3 Å². The third kappa shape index (κ3) is 3.94. The van der Waals surface area contributed by atoms with E-state index in [2.05, 4.69) is 0 Å². The van der Waals surface area contributed by atoms with Crippen molar-refractivity contribution < 1.29 is 19.2 Å². The van der Waals surface area contributed by atoms with Gasteiger partial charge in [0.05, 0.1) is 0 Å². The molecule has 2 aromatic rings. The molecule has 1 aliphatic heterocycles. The van der Waals surface area contributed by atoms with Crippen LogP contribution in [-0.4, -0.2) is 22.8 Å². The van der Waals surface area contributed by atoms with Crippen LogP contribution < -0.4 is 0 Å². The van der Waals surface area contributed by atoms with Crippen LogP contribution in [0.2, 0.25) is 0 Å². The van der Waals surface area contributed by atoms with Gasteiger partial charge in [-0.15, -0.1) is 0 Å². The predicted molar refractivity (Wildman–Crippen MR) is 95.2 cm³/mol. The summed E-state index contributed by atoms with van der Waals surface area (Å²) in [4.78, 5) is 43.3. The second-order valence-corrected chi connectivity index (χ2v) is 7.14. The van der Waals surface area contributed by atoms with Crippen molar-refractivity contribution in [1.29, 1.82) is 0 Å². The highest BCUT2D eigenvalue weighted by atomic mass is 32.2. The highest BCUT2D eigenvalue weighted by Gasteiger charge is 2.42. The first-order valence-electron chi connectivity index (χ1n) is 7.33. The van der Waals surface area contributed by atoms with Crippen molar-refractivity contribution in [3.05, 3.63) is 70.5 Å². The van der Waals surface area contributed by atoms with Gasteiger partial charge in [0.15, 0.2) is 0 Å². The molecular formula is C18H13NO4S2. The minimum Gasteiger partial charge on any atom is -0.330 e. The van der Waals surface area contributed by atoms with Crippen molar-refractivity contribution in [3.63, 3.8) is 0 Å². The molecule has 0 fully saturated rings. The summed E-state index contributed by atoms with van der Waals surface area (Å²) in [5, 5.41) is 0.527. The van der Waals surface area contributed by atoms with Crippen LogP contribution in [0.15, 0.2) is 80.3 Å². The van der Waals surface area contributed by atoms with E-state index in [1.165, 1.54) is 23.5 Å². The van der Waals surface area contributed by atoms with Crippen LogP contribution in [0.1, 0.15) is 6.92 Å². The normalized spacial score (nSPS) is 14.2. The Balaban J connectivity index is 1.96. The van der Waals surface area contributed by atoms with Crippen molar-refractivity contribution in [2.24, 2.45) is 0 Å². The van der Waals surface area contributed by atoms with E-state index < -0.39 is 17.8 Å². The van der Waals surface area contributed by atoms with E-state index in [9.17, 15) is 14.4 Å². The van der Waals surface area contributed by atoms with Gasteiger partial charge in [-0.1, -0.05) is 65.0 Å². The summed E-state index contributed by atoms with van der Waals surface area (Å²) in [6.45, 7) is 1.15. The molecule has 0 atom stereocenters. The molecule has 1 heterocycles. The molecule has 25 heavy (non-hydrogen) atoms. The Morgan fingerprint density at radius 3 is 1.56 bits per heavy atom. The first-order valence-corrected chi connectivity index (χ1v) is 8.97. The number of hydroxylamine groups is 2. The lowest BCUT2D eigenvalue weighted by Gasteiger charge is -2.11. The van der Waals surface area contributed by atoms with Crippen LogP contribution in [-0.2, 0) is 19.2 Å². The summed E-state index contributed by atoms with van der Waals surface area (Å²) >= 11 is 2.35. The predicted octanol–water partition coefficient (Wildman–Crippen LogP) is 3.63. The second kappa shape index (κ2) is 7.58. The first kappa shape index (κ1) is 17.3. The van der Waals surface area contributed by atoms with Gasteiger partial charge < -0.3 is 4.84 Å². The number of hydrogen-bond donors (Lipinski definition) is 0. The summed E-state index contributed by atoms with van der Waals surface area (Å²) in [5.74, 6) is -1.99. The lowest BCUT2D eigenvalue weighted by molar-refractivity contribution is -0.194. The summed E-state index contributed by atoms with van der Waals surface area (Å²) in [5.41, 5.74) is 0. The fourth-order valence-corrected chi connectivity index (χ4v) is 4.08. The van der Waals surface area contributed by atoms with Gasteiger partial charge in [-0.25, -0.2) is 4.79 Å². The van der Waals surface area contributed by atoms with Crippen LogP contribution in [0.4, 0.5) is 0 Å². The third-order valence-corrected chi connectivity index (χ3v) is 5.42. The minimum absolute atomic E-state index is 0.242. The highest BCUT2D eigenvalue weighted by Crippen LogP contribution is 2.42. The highest BCUT2D eigenvalue weighted by molar-refractivity contribution is 8.08. The topological polar surface area (TPSA) is 63.7 Å². The van der Waals surface area contributed by atoms with Gasteiger partial charge in [0.1, 0.15) is 9.81 Å². The number of nitrogens with zero attached hydrogens (tertiary/aromatic N) is 1. The number of rotatable bonds is 5. The van der Waals surface area contributed by atoms with E-state index in [-0.39, 0.29) is 9.81 Å². The third-order valence-electron chi connectivity index (χ3n) is 3.11. The number of hydrogen-bond acceptors (Lipinski definition) is 6. The Morgan fingerprint density at radius 2 is 1.20 bits per heavy atom. The molecule has 0 saturated carbocycles. The van der Waals surface area contributed by atoms with E-state index in [0.29, 0.717) is 5.06 Å². The smallest absolute Gasteiger partial charge is 0.330 e. The number of thioether (sulfide) groups is 2. The number of carbonyl (C=O) groups is 3. The van der Waals surface area contributed by atoms with Crippen molar-refractivity contribution in [1.82, 2.24) is 5.06 Å². The van der Waals surface area contributed by atoms with Crippen LogP contribution in [0.5, 0.6) is 0 Å². The molecule has 0 aliphatic carbocycles. The van der Waals surface area contributed by atoms with E-state index in [1.807, 2.05) is 60.7 Å². The van der Waals surface area contributed by atoms with Crippen molar-refractivity contribution >= 4 is 41.3 Å². The van der Waals surface area contributed by atoms with Crippen molar-refractivity contribution in [3.8, 4) is 0 Å². The summed E-state index contributed by atoms with van der Waals surface area (Å²) in [7, 11) is 0. The van der Waals surface area contributed by atoms with Crippen LogP contribution >= 0.6 is 23.5 Å². The van der Waals surface area contributed by atoms with Crippen molar-refractivity contribution in [2.45, 2.75) is 16.7 Å². The Labute approximate surface area is 153 Å². The number of amides is 2. The van der Waals surface area contributed by atoms with Gasteiger partial charge >= 0.3 is 17.8 Å². The molecule has 126 valence electrons. The molecule has 0 unspecified atom stereocenters. The van der Waals surface area contributed by atoms with E-state index in [4.69, 9.17) is 4.84 Å². The summed E-state index contributed by atoms with van der Waals surface area (Å²) in [6.07, 6.45) is 0. The molecule has 2 aromatic carbocycles. The maximum Gasteiger partial charge on any atom is 0.330 e. The molecule has 5 nitrogen and oxygen atoms in total. The largest absolute Gasteiger partial charge is 0.330 e. The molecule has 0 spiro atoms. The molecule has 0 bridgehead atoms. The lowest BCUT2D eigenvalue weighted by atomic mass is 10.4. The van der Waals surface area contributed by atoms with Crippen LogP contribution in [0.25, 0.3) is 0 Å². The average Bonchev–Trinajstić information content (AvgIpc) is 2.82. The van der Waals surface area contributed by atoms with Crippen LogP contribution in [0.3, 0.4) is 0 Å². The summed E-state index contributed by atoms with van der Waals surface area (Å²) in [6, 6.07) is 18.5. The zero-order valence-electron chi connectivity index (χ0n) is 13.2. The Morgan fingerprint density at radius 1 is 0.800 bits per heavy atom. The SMILES string of the molecule is CC(=O)ON1C(=O)C(Sc2ccccc2)=C(Sc2ccccc2)C1=O. The minimum atomic E-state index is -0.725. The first-order chi connectivity index (χ1) is 12.1. The molecule has 7 heteroatoms. The molecule has 2 amide bonds. The monoisotopic (exact) mass is 371 g/mol. The molecule has 1 aliphatic rings. The standard InChI is InChI=1S/C18H13NO4S2/c1-12(20)23-19-17(21)15(24-13-8-4-2-5-9-13)16(18(19)22)25-14-10-6-3-7-11-14/h2-11H,1H3. The molecule has 3 rings (SSSR count).